The number of hydrogen-bond donors (Lipinski definition) is 21. The molecule has 2 aromatic carbocycles. The van der Waals surface area contributed by atoms with E-state index in [1.807, 2.05) is 0 Å². The Balaban J connectivity index is 0.987. The van der Waals surface area contributed by atoms with E-state index in [4.69, 9.17) is 5.73 Å². The smallest absolute Gasteiger partial charge is 0.326 e. The molecule has 0 unspecified atom stereocenters. The second-order valence-corrected chi connectivity index (χ2v) is 31.1. The molecule has 3 aliphatic rings. The maximum absolute atomic E-state index is 14.9. The van der Waals surface area contributed by atoms with Crippen LogP contribution in [0.1, 0.15) is 121 Å². The average Bonchev–Trinajstić information content (AvgIpc) is 1.66. The first-order chi connectivity index (χ1) is 56.2. The van der Waals surface area contributed by atoms with E-state index >= 15 is 0 Å². The van der Waals surface area contributed by atoms with E-state index in [2.05, 4.69) is 94.4 Å². The Morgan fingerprint density at radius 2 is 1.06 bits per heavy atom. The summed E-state index contributed by atoms with van der Waals surface area (Å²) in [6, 6.07) is -1.57. The molecular weight excluding hydrogens is 1560 g/mol. The monoisotopic (exact) mass is 1670 g/mol. The van der Waals surface area contributed by atoms with Crippen molar-refractivity contribution in [1.82, 2.24) is 99.3 Å². The molecule has 42 heteroatoms. The summed E-state index contributed by atoms with van der Waals surface area (Å²) in [5.41, 5.74) is 7.05. The summed E-state index contributed by atoms with van der Waals surface area (Å²) >= 11 is 1.76. The fraction of sp³-hybridized carbons (Fsp3) is 0.539. The zero-order valence-electron chi connectivity index (χ0n) is 65.9. The lowest BCUT2D eigenvalue weighted by Gasteiger charge is -2.30. The summed E-state index contributed by atoms with van der Waals surface area (Å²) in [6.07, 6.45) is 4.99. The second kappa shape index (κ2) is 46.0. The molecule has 15 atom stereocenters. The highest BCUT2D eigenvalue weighted by Gasteiger charge is 2.44. The normalized spacial score (nSPS) is 18.2. The molecule has 5 heterocycles. The first-order valence-corrected chi connectivity index (χ1v) is 39.8. The van der Waals surface area contributed by atoms with Gasteiger partial charge in [-0.2, -0.15) is 11.8 Å². The van der Waals surface area contributed by atoms with Crippen LogP contribution < -0.4 is 80.2 Å². The van der Waals surface area contributed by atoms with Gasteiger partial charge in [-0.1, -0.05) is 94.8 Å². The minimum absolute atomic E-state index is 0.00387. The Morgan fingerprint density at radius 3 is 1.62 bits per heavy atom. The number of primary amides is 1. The van der Waals surface area contributed by atoms with Crippen molar-refractivity contribution in [1.29, 1.82) is 0 Å². The number of thioether (sulfide) groups is 1. The quantitative estimate of drug-likeness (QED) is 0.0146. The number of aromatic nitrogens is 4. The van der Waals surface area contributed by atoms with Crippen LogP contribution in [0.2, 0.25) is 0 Å². The highest BCUT2D eigenvalue weighted by Crippen LogP contribution is 2.33. The molecule has 16 amide bonds. The third kappa shape index (κ3) is 29.3. The SMILES string of the molecule is CC(C)C[C@H](NC(=O)[C@H](CC(=O)O)NC(=O)[C@H](Cc1ccccc1)NC(=O)[C@H](Cc1cnc[nH]1)NC(=O)[C@@H]1CCCN1C(=O)[C@H](Cc1ccccc1)NC(=O)CCCC[C@@H]1SC[C@@H]2NC(=O)N[C@@H]21)C(=O)N[C@@H](CO)C(=O)N[C@@H](Cc1cnc[nH]1)C(=O)NCC(=O)N[C@@H](CO)C(=O)N[C@@H](C)C(=O)N[C@@H](CCC(N)=O)C(=O)N[C@H](C(=O)O)C(C)C. The Hall–Kier alpha value is -12.1. The van der Waals surface area contributed by atoms with Gasteiger partial charge in [-0.3, -0.25) is 71.9 Å². The molecule has 0 spiro atoms. The molecule has 22 N–H and O–H groups in total. The van der Waals surface area contributed by atoms with Crippen LogP contribution in [0.4, 0.5) is 4.79 Å². The van der Waals surface area contributed by atoms with E-state index in [0.717, 1.165) is 24.7 Å². The maximum atomic E-state index is 14.9. The predicted octanol–water partition coefficient (Wildman–Crippen LogP) is -4.90. The van der Waals surface area contributed by atoms with Gasteiger partial charge in [0.2, 0.25) is 82.7 Å². The molecule has 642 valence electrons. The molecule has 118 heavy (non-hydrogen) atoms. The molecule has 41 nitrogen and oxygen atoms in total. The Labute approximate surface area is 682 Å². The van der Waals surface area contributed by atoms with Gasteiger partial charge in [-0.15, -0.1) is 0 Å². The van der Waals surface area contributed by atoms with Crippen molar-refractivity contribution in [2.45, 2.75) is 214 Å². The van der Waals surface area contributed by atoms with E-state index in [-0.39, 0.29) is 92.9 Å². The number of likely N-dealkylation sites (tertiary alicyclic amines) is 1. The molecule has 3 saturated heterocycles. The van der Waals surface area contributed by atoms with Gasteiger partial charge in [0.15, 0.2) is 0 Å². The van der Waals surface area contributed by atoms with Crippen molar-refractivity contribution < 1.29 is 102 Å². The number of aromatic amines is 2. The molecular formula is C76H106N20O21S. The zero-order chi connectivity index (χ0) is 86.3. The van der Waals surface area contributed by atoms with Gasteiger partial charge < -0.3 is 115 Å². The molecule has 0 radical (unpaired) electrons. The fourth-order valence-corrected chi connectivity index (χ4v) is 15.0. The standard InChI is InChI=1S/C76H106N20O21S/c1-39(2)25-47(67(107)92-54(35-98)72(112)89-49(28-44-31-78-37-81-44)65(105)80-33-60(101)85-53(34-97)71(111)83-41(5)64(104)86-46(22-23-58(77)99)66(106)94-62(40(3)4)75(115)116)87-70(110)51(30-61(102)103)90-68(108)48(26-42-15-8-6-9-16-42)88-69(109)50(29-45-32-79-38-82-45)91-73(113)56-19-14-24-96(56)74(114)52(27-43-17-10-7-11-18-43)84-59(100)21-13-12-20-57-63-55(36-118-57)93-76(117)95-63/h6-11,15-18,31-32,37-41,46-57,62-63,97-98H,12-14,19-30,33-36H2,1-5H3,(H2,77,99)(H,78,81)(H,79,82)(H,80,105)(H,83,111)(H,84,100)(H,85,101)(H,86,104)(H,87,110)(H,88,109)(H,89,112)(H,90,108)(H,91,113)(H,92,107)(H,94,106)(H,102,103)(H,115,116)(H2,93,95,117)/t41-,46-,47-,48-,49-,50-,51-,52-,53-,54-,55-,56-,57-,62-,63-/m0/s1. The Bertz CT molecular complexity index is 4140. The number of carbonyl (C=O) groups excluding carboxylic acids is 15. The van der Waals surface area contributed by atoms with Crippen LogP contribution in [0, 0.1) is 11.8 Å². The number of rotatable bonds is 48. The van der Waals surface area contributed by atoms with Gasteiger partial charge in [0.25, 0.3) is 0 Å². The largest absolute Gasteiger partial charge is 0.481 e. The van der Waals surface area contributed by atoms with E-state index in [9.17, 15) is 102 Å². The first-order valence-electron chi connectivity index (χ1n) is 38.8. The number of carboxylic acids is 2. The van der Waals surface area contributed by atoms with Crippen LogP contribution in [-0.4, -0.2) is 268 Å². The first kappa shape index (κ1) is 93.1. The van der Waals surface area contributed by atoms with Crippen molar-refractivity contribution in [3.63, 3.8) is 0 Å². The third-order valence-electron chi connectivity index (χ3n) is 19.7. The number of imidazole rings is 2. The van der Waals surface area contributed by atoms with Crippen molar-refractivity contribution in [3.05, 3.63) is 108 Å². The van der Waals surface area contributed by atoms with Crippen LogP contribution in [0.5, 0.6) is 0 Å². The highest BCUT2D eigenvalue weighted by atomic mass is 32.2. The molecule has 3 aliphatic heterocycles. The molecule has 3 fully saturated rings. The van der Waals surface area contributed by atoms with E-state index in [1.165, 1.54) is 43.8 Å². The van der Waals surface area contributed by atoms with Crippen LogP contribution in [0.3, 0.4) is 0 Å². The number of aliphatic hydroxyl groups excluding tert-OH is 2. The number of amides is 16. The number of urea groups is 1. The lowest BCUT2D eigenvalue weighted by atomic mass is 10.0. The molecule has 7 rings (SSSR count). The minimum Gasteiger partial charge on any atom is -0.481 e. The lowest BCUT2D eigenvalue weighted by Crippen LogP contribution is -2.61. The topological polar surface area (TPSA) is 626 Å². The van der Waals surface area contributed by atoms with Gasteiger partial charge in [-0.05, 0) is 68.4 Å². The van der Waals surface area contributed by atoms with Crippen molar-refractivity contribution in [2.75, 3.05) is 32.1 Å². The summed E-state index contributed by atoms with van der Waals surface area (Å²) in [4.78, 5) is 245. The average molecular weight is 1670 g/mol. The molecule has 0 saturated carbocycles. The van der Waals surface area contributed by atoms with Gasteiger partial charge in [0, 0.05) is 79.9 Å². The van der Waals surface area contributed by atoms with Crippen molar-refractivity contribution >= 4 is 112 Å². The van der Waals surface area contributed by atoms with Gasteiger partial charge in [-0.25, -0.2) is 19.6 Å². The highest BCUT2D eigenvalue weighted by molar-refractivity contribution is 8.00. The van der Waals surface area contributed by atoms with Crippen LogP contribution >= 0.6 is 11.8 Å². The number of H-pyrrole nitrogens is 2. The number of hydrogen-bond acceptors (Lipinski definition) is 22. The Kier molecular flexibility index (Phi) is 36.3. The number of benzene rings is 2. The number of unbranched alkanes of at least 4 members (excludes halogenated alkanes) is 1. The number of nitrogens with one attached hydrogen (secondary N) is 16. The third-order valence-corrected chi connectivity index (χ3v) is 21.2. The number of nitrogens with zero attached hydrogens (tertiary/aromatic N) is 3. The van der Waals surface area contributed by atoms with Crippen molar-refractivity contribution in [2.24, 2.45) is 17.6 Å². The number of aliphatic carboxylic acids is 2. The summed E-state index contributed by atoms with van der Waals surface area (Å²) in [6.45, 7) is 4.49. The summed E-state index contributed by atoms with van der Waals surface area (Å²) in [5, 5.41) is 75.7. The molecule has 4 aromatic rings. The minimum atomic E-state index is -1.99. The number of fused-ring (bicyclic) bond motifs is 1. The molecule has 0 bridgehead atoms. The number of nitrogens with two attached hydrogens (primary N) is 1. The number of carboxylic acid groups (broad SMARTS) is 2. The van der Waals surface area contributed by atoms with Crippen molar-refractivity contribution in [3.8, 4) is 0 Å². The Morgan fingerprint density at radius 1 is 0.551 bits per heavy atom. The van der Waals surface area contributed by atoms with Gasteiger partial charge in [0.05, 0.1) is 50.9 Å². The van der Waals surface area contributed by atoms with Crippen LogP contribution in [-0.2, 0) is 102 Å². The molecule has 0 aliphatic carbocycles. The second-order valence-electron chi connectivity index (χ2n) is 29.8. The van der Waals surface area contributed by atoms with E-state index < -0.39 is 206 Å². The van der Waals surface area contributed by atoms with Gasteiger partial charge in [0.1, 0.15) is 72.5 Å². The van der Waals surface area contributed by atoms with E-state index in [1.54, 1.807) is 86.3 Å². The van der Waals surface area contributed by atoms with Crippen LogP contribution in [0.25, 0.3) is 0 Å². The number of carbonyl (C=O) groups is 17. The predicted molar refractivity (Wildman–Crippen MR) is 420 cm³/mol. The van der Waals surface area contributed by atoms with Gasteiger partial charge >= 0.3 is 18.0 Å². The fourth-order valence-electron chi connectivity index (χ4n) is 13.4. The number of aliphatic hydroxyl groups is 2. The summed E-state index contributed by atoms with van der Waals surface area (Å²) in [5.74, 6) is -16.6. The maximum Gasteiger partial charge on any atom is 0.326 e. The summed E-state index contributed by atoms with van der Waals surface area (Å²) < 4.78 is 0. The van der Waals surface area contributed by atoms with E-state index in [0.29, 0.717) is 30.5 Å². The zero-order valence-corrected chi connectivity index (χ0v) is 66.7. The lowest BCUT2D eigenvalue weighted by molar-refractivity contribution is -0.143. The molecule has 2 aromatic heterocycles. The summed E-state index contributed by atoms with van der Waals surface area (Å²) in [7, 11) is 0. The van der Waals surface area contributed by atoms with Crippen LogP contribution in [0.15, 0.2) is 85.7 Å².